The molecule has 0 unspecified atom stereocenters. The van der Waals surface area contributed by atoms with Crippen LogP contribution in [0.2, 0.25) is 0 Å². The second-order valence-corrected chi connectivity index (χ2v) is 6.92. The van der Waals surface area contributed by atoms with E-state index in [2.05, 4.69) is 9.80 Å². The summed E-state index contributed by atoms with van der Waals surface area (Å²) in [6.07, 6.45) is 2.13. The maximum absolute atomic E-state index is 11.3. The number of primary sulfonamides is 1. The summed E-state index contributed by atoms with van der Waals surface area (Å²) >= 11 is 0. The van der Waals surface area contributed by atoms with Crippen molar-refractivity contribution in [1.29, 1.82) is 0 Å². The summed E-state index contributed by atoms with van der Waals surface area (Å²) < 4.78 is 22.5. The Bertz CT molecular complexity index is 545. The molecule has 0 atom stereocenters. The van der Waals surface area contributed by atoms with Crippen molar-refractivity contribution in [3.05, 3.63) is 24.3 Å². The van der Waals surface area contributed by atoms with E-state index >= 15 is 0 Å². The van der Waals surface area contributed by atoms with Crippen LogP contribution >= 0.6 is 0 Å². The van der Waals surface area contributed by atoms with E-state index in [9.17, 15) is 8.42 Å². The van der Waals surface area contributed by atoms with E-state index in [0.717, 1.165) is 57.8 Å². The molecule has 1 aliphatic heterocycles. The molecule has 21 heavy (non-hydrogen) atoms. The molecule has 0 aromatic heterocycles. The standard InChI is InChI=1S/C14H24N4O2S/c15-7-1-8-17-9-2-10-18(12-11-17)13-3-5-14(6-4-13)21(16,19)20/h3-6H,1-2,7-12,15H2,(H2,16,19,20). The van der Waals surface area contributed by atoms with Crippen molar-refractivity contribution < 1.29 is 8.42 Å². The van der Waals surface area contributed by atoms with Crippen LogP contribution < -0.4 is 15.8 Å². The van der Waals surface area contributed by atoms with Crippen LogP contribution in [0, 0.1) is 0 Å². The van der Waals surface area contributed by atoms with Gasteiger partial charge in [0.25, 0.3) is 0 Å². The van der Waals surface area contributed by atoms with Gasteiger partial charge >= 0.3 is 0 Å². The Morgan fingerprint density at radius 3 is 2.38 bits per heavy atom. The van der Waals surface area contributed by atoms with Crippen LogP contribution in [0.3, 0.4) is 0 Å². The highest BCUT2D eigenvalue weighted by atomic mass is 32.2. The largest absolute Gasteiger partial charge is 0.370 e. The van der Waals surface area contributed by atoms with Crippen LogP contribution in [0.1, 0.15) is 12.8 Å². The number of nitrogens with two attached hydrogens (primary N) is 2. The van der Waals surface area contributed by atoms with Crippen molar-refractivity contribution in [2.75, 3.05) is 44.2 Å². The minimum absolute atomic E-state index is 0.158. The number of benzene rings is 1. The van der Waals surface area contributed by atoms with Gasteiger partial charge in [-0.05, 0) is 56.7 Å². The number of hydrogen-bond acceptors (Lipinski definition) is 5. The van der Waals surface area contributed by atoms with Gasteiger partial charge in [0.1, 0.15) is 0 Å². The Balaban J connectivity index is 1.99. The van der Waals surface area contributed by atoms with Gasteiger partial charge in [0.2, 0.25) is 10.0 Å². The molecule has 0 amide bonds. The molecule has 4 N–H and O–H groups in total. The third-order valence-electron chi connectivity index (χ3n) is 3.80. The summed E-state index contributed by atoms with van der Waals surface area (Å²) in [4.78, 5) is 4.88. The quantitative estimate of drug-likeness (QED) is 0.810. The molecule has 1 aromatic carbocycles. The first-order valence-corrected chi connectivity index (χ1v) is 8.85. The molecule has 0 saturated carbocycles. The van der Waals surface area contributed by atoms with E-state index in [4.69, 9.17) is 10.9 Å². The minimum Gasteiger partial charge on any atom is -0.370 e. The van der Waals surface area contributed by atoms with Gasteiger partial charge in [-0.25, -0.2) is 13.6 Å². The van der Waals surface area contributed by atoms with Gasteiger partial charge in [-0.1, -0.05) is 0 Å². The number of hydrogen-bond donors (Lipinski definition) is 2. The average Bonchev–Trinajstić information content (AvgIpc) is 2.70. The molecule has 1 saturated heterocycles. The summed E-state index contributed by atoms with van der Waals surface area (Å²) in [5.41, 5.74) is 6.60. The van der Waals surface area contributed by atoms with Crippen LogP contribution in [-0.4, -0.2) is 52.6 Å². The van der Waals surface area contributed by atoms with Crippen LogP contribution in [0.5, 0.6) is 0 Å². The van der Waals surface area contributed by atoms with E-state index in [-0.39, 0.29) is 4.90 Å². The first-order valence-electron chi connectivity index (χ1n) is 7.31. The van der Waals surface area contributed by atoms with Crippen molar-refractivity contribution in [1.82, 2.24) is 4.90 Å². The zero-order chi connectivity index (χ0) is 15.3. The van der Waals surface area contributed by atoms with Crippen LogP contribution in [0.15, 0.2) is 29.2 Å². The summed E-state index contributed by atoms with van der Waals surface area (Å²) in [7, 11) is -3.62. The van der Waals surface area contributed by atoms with Crippen molar-refractivity contribution in [2.24, 2.45) is 10.9 Å². The number of rotatable bonds is 5. The fourth-order valence-electron chi connectivity index (χ4n) is 2.61. The van der Waals surface area contributed by atoms with E-state index in [1.807, 2.05) is 12.1 Å². The molecule has 0 aliphatic carbocycles. The zero-order valence-corrected chi connectivity index (χ0v) is 13.1. The Morgan fingerprint density at radius 2 is 1.76 bits per heavy atom. The van der Waals surface area contributed by atoms with Crippen molar-refractivity contribution in [3.8, 4) is 0 Å². The first kappa shape index (κ1) is 16.2. The molecule has 118 valence electrons. The number of nitrogens with zero attached hydrogens (tertiary/aromatic N) is 2. The third kappa shape index (κ3) is 4.67. The molecule has 6 nitrogen and oxygen atoms in total. The predicted octanol–water partition coefficient (Wildman–Crippen LogP) is 0.195. The van der Waals surface area contributed by atoms with Crippen LogP contribution in [0.25, 0.3) is 0 Å². The molecule has 0 radical (unpaired) electrons. The van der Waals surface area contributed by atoms with Gasteiger partial charge in [-0.15, -0.1) is 0 Å². The lowest BCUT2D eigenvalue weighted by molar-refractivity contribution is 0.291. The van der Waals surface area contributed by atoms with Crippen LogP contribution in [0.4, 0.5) is 5.69 Å². The molecular weight excluding hydrogens is 288 g/mol. The molecular formula is C14H24N4O2S. The molecule has 7 heteroatoms. The lowest BCUT2D eigenvalue weighted by Crippen LogP contribution is -2.32. The summed E-state index contributed by atoms with van der Waals surface area (Å²) in [6, 6.07) is 6.80. The second-order valence-electron chi connectivity index (χ2n) is 5.36. The van der Waals surface area contributed by atoms with E-state index in [1.54, 1.807) is 12.1 Å². The molecule has 1 heterocycles. The number of sulfonamides is 1. The van der Waals surface area contributed by atoms with Crippen molar-refractivity contribution in [3.63, 3.8) is 0 Å². The predicted molar refractivity (Wildman–Crippen MR) is 84.8 cm³/mol. The SMILES string of the molecule is NCCCN1CCCN(c2ccc(S(N)(=O)=O)cc2)CC1. The summed E-state index contributed by atoms with van der Waals surface area (Å²) in [5.74, 6) is 0. The minimum atomic E-state index is -3.62. The zero-order valence-electron chi connectivity index (χ0n) is 12.2. The summed E-state index contributed by atoms with van der Waals surface area (Å²) in [6.45, 7) is 5.81. The van der Waals surface area contributed by atoms with Gasteiger partial charge in [-0.3, -0.25) is 0 Å². The van der Waals surface area contributed by atoms with Crippen molar-refractivity contribution >= 4 is 15.7 Å². The Morgan fingerprint density at radius 1 is 1.05 bits per heavy atom. The molecule has 1 fully saturated rings. The Kier molecular flexibility index (Phi) is 5.58. The van der Waals surface area contributed by atoms with Gasteiger partial charge in [0.15, 0.2) is 0 Å². The maximum Gasteiger partial charge on any atom is 0.238 e. The molecule has 1 aliphatic rings. The van der Waals surface area contributed by atoms with E-state index < -0.39 is 10.0 Å². The Labute approximate surface area is 126 Å². The van der Waals surface area contributed by atoms with Crippen LogP contribution in [-0.2, 0) is 10.0 Å². The van der Waals surface area contributed by atoms with Gasteiger partial charge < -0.3 is 15.5 Å². The second kappa shape index (κ2) is 7.22. The first-order chi connectivity index (χ1) is 10.0. The average molecular weight is 312 g/mol. The highest BCUT2D eigenvalue weighted by molar-refractivity contribution is 7.89. The molecule has 0 bridgehead atoms. The van der Waals surface area contributed by atoms with Gasteiger partial charge in [0.05, 0.1) is 4.90 Å². The Hall–Kier alpha value is -1.15. The lowest BCUT2D eigenvalue weighted by atomic mass is 10.2. The highest BCUT2D eigenvalue weighted by Gasteiger charge is 2.15. The topological polar surface area (TPSA) is 92.7 Å². The smallest absolute Gasteiger partial charge is 0.238 e. The molecule has 2 rings (SSSR count). The van der Waals surface area contributed by atoms with E-state index in [0.29, 0.717) is 0 Å². The van der Waals surface area contributed by atoms with E-state index in [1.165, 1.54) is 0 Å². The van der Waals surface area contributed by atoms with Gasteiger partial charge in [0, 0.05) is 25.3 Å². The normalized spacial score (nSPS) is 17.7. The molecule has 0 spiro atoms. The van der Waals surface area contributed by atoms with Crippen molar-refractivity contribution in [2.45, 2.75) is 17.7 Å². The number of anilines is 1. The lowest BCUT2D eigenvalue weighted by Gasteiger charge is -2.23. The maximum atomic E-state index is 11.3. The van der Waals surface area contributed by atoms with Gasteiger partial charge in [-0.2, -0.15) is 0 Å². The summed E-state index contributed by atoms with van der Waals surface area (Å²) in [5, 5.41) is 5.12. The third-order valence-corrected chi connectivity index (χ3v) is 4.73. The highest BCUT2D eigenvalue weighted by Crippen LogP contribution is 2.19. The molecule has 1 aromatic rings. The monoisotopic (exact) mass is 312 g/mol. The fourth-order valence-corrected chi connectivity index (χ4v) is 3.13. The fraction of sp³-hybridized carbons (Fsp3) is 0.571.